The second-order valence-electron chi connectivity index (χ2n) is 3.63. The standard InChI is InChI=1S/C12H10FN3O2S/c1-19-12-15-9(6-2-4-7(13)5-3-6)8(11(17)18)10(14)16-12/h2-5H,1H3,(H,17,18)(H2,14,15,16). The maximum atomic E-state index is 12.9. The number of hydrogen-bond acceptors (Lipinski definition) is 5. The minimum atomic E-state index is -1.22. The first kappa shape index (κ1) is 13.3. The summed E-state index contributed by atoms with van der Waals surface area (Å²) >= 11 is 1.25. The second-order valence-corrected chi connectivity index (χ2v) is 4.40. The zero-order valence-electron chi connectivity index (χ0n) is 9.92. The van der Waals surface area contributed by atoms with Gasteiger partial charge in [0.25, 0.3) is 0 Å². The molecule has 0 fully saturated rings. The van der Waals surface area contributed by atoms with Crippen LogP contribution in [0.1, 0.15) is 10.4 Å². The Morgan fingerprint density at radius 2 is 1.95 bits per heavy atom. The molecule has 98 valence electrons. The third-order valence-electron chi connectivity index (χ3n) is 2.43. The molecule has 19 heavy (non-hydrogen) atoms. The van der Waals surface area contributed by atoms with Gasteiger partial charge in [-0.25, -0.2) is 19.2 Å². The number of carboxylic acids is 1. The number of halogens is 1. The molecule has 0 radical (unpaired) electrons. The van der Waals surface area contributed by atoms with Gasteiger partial charge in [0.05, 0.1) is 5.69 Å². The molecule has 3 N–H and O–H groups in total. The number of aromatic nitrogens is 2. The topological polar surface area (TPSA) is 89.1 Å². The van der Waals surface area contributed by atoms with Crippen LogP contribution in [0, 0.1) is 5.82 Å². The lowest BCUT2D eigenvalue weighted by molar-refractivity contribution is 0.0698. The number of rotatable bonds is 3. The molecule has 1 heterocycles. The number of carboxylic acid groups (broad SMARTS) is 1. The smallest absolute Gasteiger partial charge is 0.341 e. The van der Waals surface area contributed by atoms with E-state index in [4.69, 9.17) is 5.73 Å². The van der Waals surface area contributed by atoms with E-state index in [1.807, 2.05) is 0 Å². The van der Waals surface area contributed by atoms with Crippen LogP contribution in [0.25, 0.3) is 11.3 Å². The summed E-state index contributed by atoms with van der Waals surface area (Å²) in [5, 5.41) is 9.55. The monoisotopic (exact) mass is 279 g/mol. The molecule has 0 unspecified atom stereocenters. The third kappa shape index (κ3) is 2.65. The first-order valence-electron chi connectivity index (χ1n) is 5.23. The van der Waals surface area contributed by atoms with Crippen molar-refractivity contribution in [3.05, 3.63) is 35.6 Å². The molecule has 0 saturated carbocycles. The molecule has 0 aliphatic heterocycles. The molecule has 0 bridgehead atoms. The van der Waals surface area contributed by atoms with Crippen LogP contribution >= 0.6 is 11.8 Å². The van der Waals surface area contributed by atoms with Gasteiger partial charge in [0, 0.05) is 5.56 Å². The molecule has 2 rings (SSSR count). The highest BCUT2D eigenvalue weighted by molar-refractivity contribution is 7.98. The average molecular weight is 279 g/mol. The first-order chi connectivity index (χ1) is 9.02. The van der Waals surface area contributed by atoms with Gasteiger partial charge in [0.1, 0.15) is 17.2 Å². The lowest BCUT2D eigenvalue weighted by Gasteiger charge is -2.09. The summed E-state index contributed by atoms with van der Waals surface area (Å²) in [5.41, 5.74) is 6.13. The molecule has 1 aromatic heterocycles. The molecule has 5 nitrogen and oxygen atoms in total. The minimum absolute atomic E-state index is 0.105. The Morgan fingerprint density at radius 3 is 2.47 bits per heavy atom. The van der Waals surface area contributed by atoms with E-state index in [2.05, 4.69) is 9.97 Å². The van der Waals surface area contributed by atoms with Crippen molar-refractivity contribution in [1.29, 1.82) is 0 Å². The number of hydrogen-bond donors (Lipinski definition) is 2. The Morgan fingerprint density at radius 1 is 1.32 bits per heavy atom. The molecule has 0 saturated heterocycles. The van der Waals surface area contributed by atoms with Gasteiger partial charge in [-0.2, -0.15) is 0 Å². The summed E-state index contributed by atoms with van der Waals surface area (Å²) < 4.78 is 12.9. The summed E-state index contributed by atoms with van der Waals surface area (Å²) in [7, 11) is 0. The van der Waals surface area contributed by atoms with Gasteiger partial charge < -0.3 is 10.8 Å². The van der Waals surface area contributed by atoms with Gasteiger partial charge in [-0.3, -0.25) is 0 Å². The van der Waals surface area contributed by atoms with Crippen molar-refractivity contribution in [2.75, 3.05) is 12.0 Å². The zero-order chi connectivity index (χ0) is 14.0. The maximum absolute atomic E-state index is 12.9. The van der Waals surface area contributed by atoms with Crippen molar-refractivity contribution in [2.45, 2.75) is 5.16 Å². The van der Waals surface area contributed by atoms with Crippen LogP contribution in [0.5, 0.6) is 0 Å². The number of thioether (sulfide) groups is 1. The van der Waals surface area contributed by atoms with Crippen LogP contribution in [0.4, 0.5) is 10.2 Å². The second kappa shape index (κ2) is 5.23. The van der Waals surface area contributed by atoms with Gasteiger partial charge in [0.15, 0.2) is 5.16 Å². The van der Waals surface area contributed by atoms with Crippen LogP contribution in [0.15, 0.2) is 29.4 Å². The molecule has 7 heteroatoms. The van der Waals surface area contributed by atoms with Crippen molar-refractivity contribution >= 4 is 23.5 Å². The van der Waals surface area contributed by atoms with E-state index in [0.717, 1.165) is 0 Å². The highest BCUT2D eigenvalue weighted by Gasteiger charge is 2.19. The fourth-order valence-corrected chi connectivity index (χ4v) is 1.95. The maximum Gasteiger partial charge on any atom is 0.341 e. The number of carbonyl (C=O) groups is 1. The number of anilines is 1. The summed E-state index contributed by atoms with van der Waals surface area (Å²) in [6, 6.07) is 5.37. The SMILES string of the molecule is CSc1nc(N)c(C(=O)O)c(-c2ccc(F)cc2)n1. The lowest BCUT2D eigenvalue weighted by Crippen LogP contribution is -2.10. The number of aromatic carboxylic acids is 1. The Kier molecular flexibility index (Phi) is 3.66. The van der Waals surface area contributed by atoms with Crippen LogP contribution in [-0.4, -0.2) is 27.3 Å². The molecular formula is C12H10FN3O2S. The van der Waals surface area contributed by atoms with E-state index >= 15 is 0 Å². The Hall–Kier alpha value is -2.15. The molecule has 1 aromatic carbocycles. The summed E-state index contributed by atoms with van der Waals surface area (Å²) in [4.78, 5) is 19.3. The Balaban J connectivity index is 2.68. The molecule has 2 aromatic rings. The first-order valence-corrected chi connectivity index (χ1v) is 6.46. The number of benzene rings is 1. The molecular weight excluding hydrogens is 269 g/mol. The Bertz CT molecular complexity index is 632. The largest absolute Gasteiger partial charge is 0.477 e. The van der Waals surface area contributed by atoms with E-state index < -0.39 is 11.8 Å². The van der Waals surface area contributed by atoms with Crippen molar-refractivity contribution in [1.82, 2.24) is 9.97 Å². The van der Waals surface area contributed by atoms with Gasteiger partial charge in [-0.1, -0.05) is 11.8 Å². The molecule has 0 atom stereocenters. The van der Waals surface area contributed by atoms with Crippen LogP contribution in [0.2, 0.25) is 0 Å². The van der Waals surface area contributed by atoms with Gasteiger partial charge in [-0.05, 0) is 30.5 Å². The summed E-state index contributed by atoms with van der Waals surface area (Å²) in [5.74, 6) is -1.73. The highest BCUT2D eigenvalue weighted by atomic mass is 32.2. The quantitative estimate of drug-likeness (QED) is 0.662. The van der Waals surface area contributed by atoms with Crippen molar-refractivity contribution in [3.63, 3.8) is 0 Å². The fourth-order valence-electron chi connectivity index (χ4n) is 1.58. The van der Waals surface area contributed by atoms with Crippen molar-refractivity contribution in [2.24, 2.45) is 0 Å². The number of nitrogen functional groups attached to an aromatic ring is 1. The Labute approximate surface area is 112 Å². The average Bonchev–Trinajstić information content (AvgIpc) is 2.38. The fraction of sp³-hybridized carbons (Fsp3) is 0.0833. The van der Waals surface area contributed by atoms with Crippen molar-refractivity contribution < 1.29 is 14.3 Å². The summed E-state index contributed by atoms with van der Waals surface area (Å²) in [6.07, 6.45) is 1.75. The van der Waals surface area contributed by atoms with E-state index in [0.29, 0.717) is 10.7 Å². The predicted octanol–water partition coefficient (Wildman–Crippen LogP) is 2.29. The summed E-state index contributed by atoms with van der Waals surface area (Å²) in [6.45, 7) is 0. The number of nitrogens with two attached hydrogens (primary N) is 1. The van der Waals surface area contributed by atoms with Crippen LogP contribution < -0.4 is 5.73 Å². The van der Waals surface area contributed by atoms with Gasteiger partial charge in [-0.15, -0.1) is 0 Å². The normalized spacial score (nSPS) is 10.4. The predicted molar refractivity (Wildman–Crippen MR) is 70.6 cm³/mol. The van der Waals surface area contributed by atoms with Gasteiger partial charge in [0.2, 0.25) is 0 Å². The minimum Gasteiger partial charge on any atom is -0.477 e. The van der Waals surface area contributed by atoms with Crippen molar-refractivity contribution in [3.8, 4) is 11.3 Å². The highest BCUT2D eigenvalue weighted by Crippen LogP contribution is 2.27. The molecule has 0 spiro atoms. The zero-order valence-corrected chi connectivity index (χ0v) is 10.7. The molecule has 0 aliphatic carbocycles. The van der Waals surface area contributed by atoms with Gasteiger partial charge >= 0.3 is 5.97 Å². The van der Waals surface area contributed by atoms with E-state index in [9.17, 15) is 14.3 Å². The lowest BCUT2D eigenvalue weighted by atomic mass is 10.1. The molecule has 0 amide bonds. The van der Waals surface area contributed by atoms with E-state index in [1.165, 1.54) is 36.0 Å². The van der Waals surface area contributed by atoms with Crippen LogP contribution in [0.3, 0.4) is 0 Å². The van der Waals surface area contributed by atoms with E-state index in [1.54, 1.807) is 6.26 Å². The van der Waals surface area contributed by atoms with Crippen LogP contribution in [-0.2, 0) is 0 Å². The van der Waals surface area contributed by atoms with E-state index in [-0.39, 0.29) is 17.1 Å². The number of nitrogens with zero attached hydrogens (tertiary/aromatic N) is 2. The molecule has 0 aliphatic rings. The third-order valence-corrected chi connectivity index (χ3v) is 2.98.